The first-order valence-corrected chi connectivity index (χ1v) is 9.08. The zero-order valence-electron chi connectivity index (χ0n) is 14.1. The van der Waals surface area contributed by atoms with Gasteiger partial charge in [-0.15, -0.1) is 11.3 Å². The van der Waals surface area contributed by atoms with Crippen molar-refractivity contribution in [1.29, 1.82) is 0 Å². The number of nitrogens with zero attached hydrogens (tertiary/aromatic N) is 2. The molecule has 1 aromatic heterocycles. The molecular weight excluding hydrogens is 345 g/mol. The van der Waals surface area contributed by atoms with Gasteiger partial charge in [-0.05, 0) is 53.6 Å². The van der Waals surface area contributed by atoms with E-state index in [0.29, 0.717) is 5.13 Å². The molecule has 0 aliphatic rings. The van der Waals surface area contributed by atoms with E-state index in [1.165, 1.54) is 34.2 Å². The zero-order valence-corrected chi connectivity index (χ0v) is 14.9. The van der Waals surface area contributed by atoms with Crippen LogP contribution in [0.15, 0.2) is 77.2 Å². The van der Waals surface area contributed by atoms with Crippen LogP contribution in [0.1, 0.15) is 12.5 Å². The Hall–Kier alpha value is -3.05. The average molecular weight is 361 g/mol. The highest BCUT2D eigenvalue weighted by atomic mass is 32.1. The molecule has 4 aromatic rings. The van der Waals surface area contributed by atoms with E-state index in [-0.39, 0.29) is 5.82 Å². The molecule has 26 heavy (non-hydrogen) atoms. The summed E-state index contributed by atoms with van der Waals surface area (Å²) in [5.74, 6) is -0.252. The number of anilines is 1. The van der Waals surface area contributed by atoms with Crippen LogP contribution < -0.4 is 5.43 Å². The van der Waals surface area contributed by atoms with Crippen molar-refractivity contribution in [2.75, 3.05) is 5.43 Å². The molecule has 0 spiro atoms. The predicted molar refractivity (Wildman–Crippen MR) is 107 cm³/mol. The summed E-state index contributed by atoms with van der Waals surface area (Å²) in [5, 5.41) is 9.47. The number of hydrogen-bond donors (Lipinski definition) is 1. The molecule has 128 valence electrons. The zero-order chi connectivity index (χ0) is 17.9. The fraction of sp³-hybridized carbons (Fsp3) is 0.0476. The minimum absolute atomic E-state index is 0.252. The van der Waals surface area contributed by atoms with Crippen LogP contribution in [0.2, 0.25) is 0 Å². The highest BCUT2D eigenvalue weighted by molar-refractivity contribution is 7.14. The van der Waals surface area contributed by atoms with Crippen LogP contribution in [0.4, 0.5) is 9.52 Å². The molecule has 4 rings (SSSR count). The van der Waals surface area contributed by atoms with Crippen molar-refractivity contribution in [3.8, 4) is 11.3 Å². The second kappa shape index (κ2) is 7.06. The fourth-order valence-corrected chi connectivity index (χ4v) is 3.35. The molecule has 0 atom stereocenters. The normalized spacial score (nSPS) is 11.7. The third kappa shape index (κ3) is 3.48. The maximum absolute atomic E-state index is 13.0. The van der Waals surface area contributed by atoms with Gasteiger partial charge in [-0.2, -0.15) is 5.10 Å². The molecule has 1 N–H and O–H groups in total. The van der Waals surface area contributed by atoms with Crippen molar-refractivity contribution in [3.05, 3.63) is 83.5 Å². The molecule has 0 bridgehead atoms. The van der Waals surface area contributed by atoms with Gasteiger partial charge in [-0.3, -0.25) is 5.43 Å². The summed E-state index contributed by atoms with van der Waals surface area (Å²) in [7, 11) is 0. The summed E-state index contributed by atoms with van der Waals surface area (Å²) in [6, 6.07) is 20.8. The molecule has 0 amide bonds. The van der Waals surface area contributed by atoms with Crippen LogP contribution in [-0.4, -0.2) is 10.7 Å². The number of hydrazone groups is 1. The topological polar surface area (TPSA) is 37.3 Å². The lowest BCUT2D eigenvalue weighted by Gasteiger charge is -2.04. The van der Waals surface area contributed by atoms with E-state index in [9.17, 15) is 4.39 Å². The lowest BCUT2D eigenvalue weighted by Crippen LogP contribution is -1.99. The largest absolute Gasteiger partial charge is 0.252 e. The maximum atomic E-state index is 13.0. The minimum atomic E-state index is -0.252. The average Bonchev–Trinajstić information content (AvgIpc) is 3.15. The van der Waals surface area contributed by atoms with Crippen LogP contribution in [0.5, 0.6) is 0 Å². The molecule has 0 saturated carbocycles. The molecule has 0 fully saturated rings. The molecular formula is C21H16FN3S. The number of benzene rings is 3. The van der Waals surface area contributed by atoms with Gasteiger partial charge in [0.2, 0.25) is 5.13 Å². The summed E-state index contributed by atoms with van der Waals surface area (Å²) < 4.78 is 13.0. The molecule has 0 saturated heterocycles. The molecule has 0 unspecified atom stereocenters. The van der Waals surface area contributed by atoms with Gasteiger partial charge in [0.05, 0.1) is 11.4 Å². The van der Waals surface area contributed by atoms with Crippen LogP contribution in [0.25, 0.3) is 22.0 Å². The molecule has 3 nitrogen and oxygen atoms in total. The van der Waals surface area contributed by atoms with Gasteiger partial charge >= 0.3 is 0 Å². The SMILES string of the molecule is C/C(=N\Nc1nc(-c2ccc(F)cc2)cs1)c1ccc2ccccc2c1. The Morgan fingerprint density at radius 3 is 2.58 bits per heavy atom. The third-order valence-electron chi connectivity index (χ3n) is 4.13. The Balaban J connectivity index is 1.52. The first-order valence-electron chi connectivity index (χ1n) is 8.20. The van der Waals surface area contributed by atoms with Crippen molar-refractivity contribution >= 4 is 33.0 Å². The molecule has 0 radical (unpaired) electrons. The van der Waals surface area contributed by atoms with Gasteiger partial charge in [-0.1, -0.05) is 36.4 Å². The minimum Gasteiger partial charge on any atom is -0.252 e. The van der Waals surface area contributed by atoms with Crippen LogP contribution in [-0.2, 0) is 0 Å². The second-order valence-electron chi connectivity index (χ2n) is 5.92. The lowest BCUT2D eigenvalue weighted by atomic mass is 10.0. The summed E-state index contributed by atoms with van der Waals surface area (Å²) >= 11 is 1.47. The first kappa shape index (κ1) is 16.4. The van der Waals surface area contributed by atoms with Crippen molar-refractivity contribution in [3.63, 3.8) is 0 Å². The van der Waals surface area contributed by atoms with E-state index in [1.807, 2.05) is 24.4 Å². The number of fused-ring (bicyclic) bond motifs is 1. The van der Waals surface area contributed by atoms with E-state index < -0.39 is 0 Å². The first-order chi connectivity index (χ1) is 12.7. The molecule has 3 aromatic carbocycles. The van der Waals surface area contributed by atoms with Gasteiger partial charge in [0.15, 0.2) is 0 Å². The van der Waals surface area contributed by atoms with Gasteiger partial charge < -0.3 is 0 Å². The van der Waals surface area contributed by atoms with E-state index in [2.05, 4.69) is 45.8 Å². The number of thiazole rings is 1. The summed E-state index contributed by atoms with van der Waals surface area (Å²) in [6.07, 6.45) is 0. The Bertz CT molecular complexity index is 1080. The summed E-state index contributed by atoms with van der Waals surface area (Å²) in [4.78, 5) is 4.50. The van der Waals surface area contributed by atoms with Crippen LogP contribution >= 0.6 is 11.3 Å². The highest BCUT2D eigenvalue weighted by Crippen LogP contribution is 2.25. The monoisotopic (exact) mass is 361 g/mol. The Morgan fingerprint density at radius 2 is 1.77 bits per heavy atom. The van der Waals surface area contributed by atoms with Crippen LogP contribution in [0, 0.1) is 5.82 Å². The number of hydrogen-bond acceptors (Lipinski definition) is 4. The number of aromatic nitrogens is 1. The molecule has 0 aliphatic heterocycles. The van der Waals surface area contributed by atoms with Crippen molar-refractivity contribution in [1.82, 2.24) is 4.98 Å². The Labute approximate surface area is 154 Å². The van der Waals surface area contributed by atoms with Crippen molar-refractivity contribution < 1.29 is 4.39 Å². The quantitative estimate of drug-likeness (QED) is 0.361. The van der Waals surface area contributed by atoms with E-state index in [0.717, 1.165) is 22.5 Å². The summed E-state index contributed by atoms with van der Waals surface area (Å²) in [5.41, 5.74) is 6.64. The molecule has 1 heterocycles. The lowest BCUT2D eigenvalue weighted by molar-refractivity contribution is 0.628. The van der Waals surface area contributed by atoms with Gasteiger partial charge in [0.25, 0.3) is 0 Å². The number of rotatable bonds is 4. The fourth-order valence-electron chi connectivity index (χ4n) is 2.69. The Kier molecular flexibility index (Phi) is 4.46. The standard InChI is InChI=1S/C21H16FN3S/c1-14(17-7-6-15-4-2-3-5-18(15)12-17)24-25-21-23-20(13-26-21)16-8-10-19(22)11-9-16/h2-13H,1H3,(H,23,25)/b24-14+. The van der Waals surface area contributed by atoms with Crippen molar-refractivity contribution in [2.24, 2.45) is 5.10 Å². The molecule has 0 aliphatic carbocycles. The van der Waals surface area contributed by atoms with E-state index >= 15 is 0 Å². The van der Waals surface area contributed by atoms with E-state index in [1.54, 1.807) is 12.1 Å². The summed E-state index contributed by atoms with van der Waals surface area (Å²) in [6.45, 7) is 1.96. The number of halogens is 1. The number of nitrogens with one attached hydrogen (secondary N) is 1. The van der Waals surface area contributed by atoms with Crippen molar-refractivity contribution in [2.45, 2.75) is 6.92 Å². The third-order valence-corrected chi connectivity index (χ3v) is 4.88. The van der Waals surface area contributed by atoms with E-state index in [4.69, 9.17) is 0 Å². The molecule has 5 heteroatoms. The second-order valence-corrected chi connectivity index (χ2v) is 6.77. The smallest absolute Gasteiger partial charge is 0.203 e. The maximum Gasteiger partial charge on any atom is 0.203 e. The predicted octanol–water partition coefficient (Wildman–Crippen LogP) is 5.94. The highest BCUT2D eigenvalue weighted by Gasteiger charge is 2.05. The van der Waals surface area contributed by atoms with Gasteiger partial charge in [0, 0.05) is 10.9 Å². The van der Waals surface area contributed by atoms with Gasteiger partial charge in [0.1, 0.15) is 5.82 Å². The van der Waals surface area contributed by atoms with Crippen LogP contribution in [0.3, 0.4) is 0 Å². The van der Waals surface area contributed by atoms with Gasteiger partial charge in [-0.25, -0.2) is 9.37 Å². The Morgan fingerprint density at radius 1 is 1.00 bits per heavy atom.